The third-order valence-corrected chi connectivity index (χ3v) is 3.67. The largest absolute Gasteiger partial charge is 0.493 e. The molecule has 0 fully saturated rings. The number of ether oxygens (including phenoxy) is 2. The van der Waals surface area contributed by atoms with Crippen LogP contribution in [0.5, 0.6) is 11.5 Å². The molecule has 0 aliphatic carbocycles. The number of para-hydroxylation sites is 1. The summed E-state index contributed by atoms with van der Waals surface area (Å²) >= 11 is 5.78. The van der Waals surface area contributed by atoms with E-state index in [1.54, 1.807) is 48.5 Å². The van der Waals surface area contributed by atoms with E-state index >= 15 is 0 Å². The van der Waals surface area contributed by atoms with Gasteiger partial charge in [-0.25, -0.2) is 5.43 Å². The second-order valence-electron chi connectivity index (χ2n) is 5.50. The first-order valence-corrected chi connectivity index (χ1v) is 8.69. The van der Waals surface area contributed by atoms with Crippen molar-refractivity contribution in [3.63, 3.8) is 0 Å². The predicted octanol–water partition coefficient (Wildman–Crippen LogP) is 3.39. The van der Waals surface area contributed by atoms with E-state index in [2.05, 4.69) is 22.4 Å². The van der Waals surface area contributed by atoms with Crippen LogP contribution in [0.3, 0.4) is 0 Å². The monoisotopic (exact) mass is 401 g/mol. The number of benzene rings is 2. The maximum absolute atomic E-state index is 11.9. The van der Waals surface area contributed by atoms with E-state index in [4.69, 9.17) is 21.1 Å². The highest BCUT2D eigenvalue weighted by Crippen LogP contribution is 2.30. The van der Waals surface area contributed by atoms with Crippen LogP contribution < -0.4 is 20.2 Å². The summed E-state index contributed by atoms with van der Waals surface area (Å²) in [5.74, 6) is -0.0200. The lowest BCUT2D eigenvalue weighted by atomic mass is 10.2. The molecule has 28 heavy (non-hydrogen) atoms. The van der Waals surface area contributed by atoms with Crippen LogP contribution in [0.1, 0.15) is 12.0 Å². The van der Waals surface area contributed by atoms with E-state index in [0.29, 0.717) is 34.4 Å². The van der Waals surface area contributed by atoms with Crippen molar-refractivity contribution in [3.8, 4) is 11.5 Å². The van der Waals surface area contributed by atoms with Crippen molar-refractivity contribution in [1.29, 1.82) is 0 Å². The Labute approximate surface area is 168 Å². The van der Waals surface area contributed by atoms with Gasteiger partial charge in [0.2, 0.25) is 11.8 Å². The number of hydrogen-bond acceptors (Lipinski definition) is 5. The van der Waals surface area contributed by atoms with Crippen molar-refractivity contribution in [2.24, 2.45) is 5.10 Å². The minimum Gasteiger partial charge on any atom is -0.493 e. The second-order valence-corrected chi connectivity index (χ2v) is 5.94. The molecule has 2 rings (SSSR count). The Morgan fingerprint density at radius 1 is 1.18 bits per heavy atom. The highest BCUT2D eigenvalue weighted by Gasteiger charge is 2.11. The van der Waals surface area contributed by atoms with Crippen molar-refractivity contribution in [2.75, 3.05) is 19.0 Å². The maximum atomic E-state index is 11.9. The van der Waals surface area contributed by atoms with Crippen molar-refractivity contribution in [3.05, 3.63) is 65.7 Å². The van der Waals surface area contributed by atoms with Crippen LogP contribution in [0.4, 0.5) is 5.69 Å². The molecule has 146 valence electrons. The first-order chi connectivity index (χ1) is 13.5. The Hall–Kier alpha value is -3.32. The smallest absolute Gasteiger partial charge is 0.249 e. The van der Waals surface area contributed by atoms with E-state index in [1.165, 1.54) is 13.3 Å². The molecule has 0 saturated heterocycles. The Balaban J connectivity index is 1.93. The van der Waals surface area contributed by atoms with Gasteiger partial charge in [-0.15, -0.1) is 0 Å². The van der Waals surface area contributed by atoms with E-state index in [9.17, 15) is 9.59 Å². The lowest BCUT2D eigenvalue weighted by Gasteiger charge is -2.11. The third kappa shape index (κ3) is 6.44. The fourth-order valence-corrected chi connectivity index (χ4v) is 2.32. The lowest BCUT2D eigenvalue weighted by molar-refractivity contribution is -0.126. The van der Waals surface area contributed by atoms with Crippen molar-refractivity contribution in [1.82, 2.24) is 5.43 Å². The van der Waals surface area contributed by atoms with Crippen LogP contribution in [-0.2, 0) is 9.59 Å². The molecule has 2 N–H and O–H groups in total. The van der Waals surface area contributed by atoms with Gasteiger partial charge < -0.3 is 14.8 Å². The Bertz CT molecular complexity index is 866. The fraction of sp³-hybridized carbons (Fsp3) is 0.150. The minimum atomic E-state index is -0.556. The molecule has 0 atom stereocenters. The van der Waals surface area contributed by atoms with Gasteiger partial charge in [-0.1, -0.05) is 30.3 Å². The van der Waals surface area contributed by atoms with Crippen LogP contribution in [0.15, 0.2) is 60.2 Å². The summed E-state index contributed by atoms with van der Waals surface area (Å²) in [4.78, 5) is 23.8. The summed E-state index contributed by atoms with van der Waals surface area (Å²) in [6.45, 7) is 3.90. The van der Waals surface area contributed by atoms with Gasteiger partial charge in [0.15, 0.2) is 11.5 Å². The average Bonchev–Trinajstić information content (AvgIpc) is 2.68. The van der Waals surface area contributed by atoms with Gasteiger partial charge in [0, 0.05) is 16.3 Å². The van der Waals surface area contributed by atoms with E-state index in [0.717, 1.165) is 0 Å². The molecule has 7 nitrogen and oxygen atoms in total. The molecule has 0 spiro atoms. The van der Waals surface area contributed by atoms with E-state index in [1.807, 2.05) is 0 Å². The number of carbonyl (C=O) groups excluding carboxylic acids is 2. The molecule has 0 aliphatic heterocycles. The van der Waals surface area contributed by atoms with Crippen LogP contribution in [0.2, 0.25) is 5.02 Å². The first kappa shape index (κ1) is 21.0. The molecule has 0 unspecified atom stereocenters. The summed E-state index contributed by atoms with van der Waals surface area (Å²) in [7, 11) is 1.53. The first-order valence-electron chi connectivity index (χ1n) is 8.31. The number of nitrogens with one attached hydrogen (secondary N) is 2. The van der Waals surface area contributed by atoms with Gasteiger partial charge in [-0.05, 0) is 36.4 Å². The molecule has 0 heterocycles. The predicted molar refractivity (Wildman–Crippen MR) is 109 cm³/mol. The normalized spacial score (nSPS) is 10.4. The number of hydrogen-bond donors (Lipinski definition) is 2. The Morgan fingerprint density at radius 3 is 2.61 bits per heavy atom. The number of rotatable bonds is 9. The number of anilines is 1. The summed E-state index contributed by atoms with van der Waals surface area (Å²) in [6, 6.07) is 11.8. The van der Waals surface area contributed by atoms with Gasteiger partial charge in [0.1, 0.15) is 13.0 Å². The van der Waals surface area contributed by atoms with Crippen LogP contribution in [0, 0.1) is 0 Å². The molecular formula is C20H20ClN3O4. The topological polar surface area (TPSA) is 89.0 Å². The highest BCUT2D eigenvalue weighted by molar-refractivity contribution is 6.30. The van der Waals surface area contributed by atoms with Gasteiger partial charge in [0.25, 0.3) is 0 Å². The molecule has 0 radical (unpaired) electrons. The number of nitrogens with zero attached hydrogens (tertiary/aromatic N) is 1. The number of hydrazone groups is 1. The summed E-state index contributed by atoms with van der Waals surface area (Å²) in [5, 5.41) is 7.03. The average molecular weight is 402 g/mol. The van der Waals surface area contributed by atoms with Gasteiger partial charge in [-0.2, -0.15) is 5.10 Å². The minimum absolute atomic E-state index is 0.290. The number of methoxy groups -OCH3 is 1. The zero-order chi connectivity index (χ0) is 20.4. The molecular weight excluding hydrogens is 382 g/mol. The zero-order valence-electron chi connectivity index (χ0n) is 15.3. The molecule has 8 heteroatoms. The van der Waals surface area contributed by atoms with Gasteiger partial charge in [0.05, 0.1) is 13.3 Å². The molecule has 2 aromatic rings. The van der Waals surface area contributed by atoms with Crippen molar-refractivity contribution in [2.45, 2.75) is 6.42 Å². The zero-order valence-corrected chi connectivity index (χ0v) is 16.0. The maximum Gasteiger partial charge on any atom is 0.249 e. The highest BCUT2D eigenvalue weighted by atomic mass is 35.5. The summed E-state index contributed by atoms with van der Waals surface area (Å²) < 4.78 is 10.8. The van der Waals surface area contributed by atoms with Crippen LogP contribution >= 0.6 is 11.6 Å². The lowest BCUT2D eigenvalue weighted by Crippen LogP contribution is -2.24. The van der Waals surface area contributed by atoms with E-state index in [-0.39, 0.29) is 6.42 Å². The SMILES string of the molecule is C=CCOc1c(C=NNC(=O)CC(=O)Nc2ccc(Cl)cc2)cccc1OC. The quantitative estimate of drug-likeness (QED) is 0.292. The summed E-state index contributed by atoms with van der Waals surface area (Å²) in [5.41, 5.74) is 3.46. The molecule has 0 saturated carbocycles. The molecule has 2 aromatic carbocycles. The van der Waals surface area contributed by atoms with Crippen LogP contribution in [-0.4, -0.2) is 31.7 Å². The molecule has 0 bridgehead atoms. The number of amides is 2. The molecule has 2 amide bonds. The van der Waals surface area contributed by atoms with Gasteiger partial charge in [-0.3, -0.25) is 9.59 Å². The third-order valence-electron chi connectivity index (χ3n) is 3.42. The molecule has 0 aliphatic rings. The van der Waals surface area contributed by atoms with Gasteiger partial charge >= 0.3 is 0 Å². The standard InChI is InChI=1S/C20H20ClN3O4/c1-3-11-28-20-14(5-4-6-17(20)27-2)13-22-24-19(26)12-18(25)23-16-9-7-15(21)8-10-16/h3-10,13H,1,11-12H2,2H3,(H,23,25)(H,24,26). The Kier molecular flexibility index (Phi) is 8.05. The number of carbonyl (C=O) groups is 2. The fourth-order valence-electron chi connectivity index (χ4n) is 2.19. The van der Waals surface area contributed by atoms with E-state index < -0.39 is 11.8 Å². The Morgan fingerprint density at radius 2 is 1.93 bits per heavy atom. The summed E-state index contributed by atoms with van der Waals surface area (Å²) in [6.07, 6.45) is 2.64. The molecule has 0 aromatic heterocycles. The number of halogens is 1. The van der Waals surface area contributed by atoms with Crippen molar-refractivity contribution >= 4 is 35.3 Å². The van der Waals surface area contributed by atoms with Crippen molar-refractivity contribution < 1.29 is 19.1 Å². The second kappa shape index (κ2) is 10.7. The van der Waals surface area contributed by atoms with Crippen LogP contribution in [0.25, 0.3) is 0 Å².